The van der Waals surface area contributed by atoms with Crippen molar-refractivity contribution in [2.24, 2.45) is 5.92 Å². The van der Waals surface area contributed by atoms with Crippen LogP contribution in [0, 0.1) is 5.92 Å². The Morgan fingerprint density at radius 1 is 1.29 bits per heavy atom. The lowest BCUT2D eigenvalue weighted by molar-refractivity contribution is -0.122. The molecule has 2 rings (SSSR count). The molecule has 0 aliphatic rings. The minimum absolute atomic E-state index is 0.0525. The number of carbonyl (C=O) groups is 1. The minimum atomic E-state index is 0.0525. The number of hydrogen-bond donors (Lipinski definition) is 1. The van der Waals surface area contributed by atoms with Crippen LogP contribution in [0.3, 0.4) is 0 Å². The Kier molecular flexibility index (Phi) is 4.99. The highest BCUT2D eigenvalue weighted by molar-refractivity contribution is 5.81. The third kappa shape index (κ3) is 3.63. The molecule has 1 unspecified atom stereocenters. The SMILES string of the molecule is CCCc1nc2ccccc2n1CC(=O)NC(C)C(C)C. The fraction of sp³-hybridized carbons (Fsp3) is 0.529. The summed E-state index contributed by atoms with van der Waals surface area (Å²) in [5, 5.41) is 3.06. The van der Waals surface area contributed by atoms with Gasteiger partial charge in [0.2, 0.25) is 5.91 Å². The van der Waals surface area contributed by atoms with E-state index in [1.807, 2.05) is 35.8 Å². The molecule has 0 fully saturated rings. The van der Waals surface area contributed by atoms with Crippen molar-refractivity contribution in [2.45, 2.75) is 53.1 Å². The molecule has 4 heteroatoms. The van der Waals surface area contributed by atoms with Crippen LogP contribution in [-0.4, -0.2) is 21.5 Å². The molecule has 2 aromatic rings. The lowest BCUT2D eigenvalue weighted by atomic mass is 10.1. The van der Waals surface area contributed by atoms with E-state index in [4.69, 9.17) is 0 Å². The van der Waals surface area contributed by atoms with Crippen LogP contribution in [0.25, 0.3) is 11.0 Å². The number of nitrogens with zero attached hydrogens (tertiary/aromatic N) is 2. The first-order valence-electron chi connectivity index (χ1n) is 7.76. The van der Waals surface area contributed by atoms with E-state index >= 15 is 0 Å². The monoisotopic (exact) mass is 287 g/mol. The van der Waals surface area contributed by atoms with E-state index in [0.29, 0.717) is 12.5 Å². The Hall–Kier alpha value is -1.84. The molecule has 4 nitrogen and oxygen atoms in total. The molecule has 1 heterocycles. The number of aryl methyl sites for hydroxylation is 1. The summed E-state index contributed by atoms with van der Waals surface area (Å²) in [5.74, 6) is 1.48. The molecule has 1 aromatic carbocycles. The molecule has 21 heavy (non-hydrogen) atoms. The van der Waals surface area contributed by atoms with Crippen molar-refractivity contribution in [2.75, 3.05) is 0 Å². The van der Waals surface area contributed by atoms with Crippen LogP contribution in [0.5, 0.6) is 0 Å². The number of aromatic nitrogens is 2. The summed E-state index contributed by atoms with van der Waals surface area (Å²) in [6.45, 7) is 8.74. The van der Waals surface area contributed by atoms with Gasteiger partial charge in [-0.25, -0.2) is 4.98 Å². The van der Waals surface area contributed by atoms with Gasteiger partial charge >= 0.3 is 0 Å². The molecule has 0 aliphatic carbocycles. The largest absolute Gasteiger partial charge is 0.352 e. The summed E-state index contributed by atoms with van der Waals surface area (Å²) >= 11 is 0. The zero-order valence-corrected chi connectivity index (χ0v) is 13.4. The number of nitrogens with one attached hydrogen (secondary N) is 1. The van der Waals surface area contributed by atoms with Crippen molar-refractivity contribution in [1.29, 1.82) is 0 Å². The fourth-order valence-electron chi connectivity index (χ4n) is 2.33. The number of rotatable bonds is 6. The van der Waals surface area contributed by atoms with Crippen LogP contribution in [0.15, 0.2) is 24.3 Å². The molecule has 0 saturated carbocycles. The fourth-order valence-corrected chi connectivity index (χ4v) is 2.33. The number of carbonyl (C=O) groups excluding carboxylic acids is 1. The van der Waals surface area contributed by atoms with Crippen molar-refractivity contribution in [3.8, 4) is 0 Å². The number of fused-ring (bicyclic) bond motifs is 1. The second-order valence-corrected chi connectivity index (χ2v) is 5.95. The van der Waals surface area contributed by atoms with Gasteiger partial charge in [0.25, 0.3) is 0 Å². The normalized spacial score (nSPS) is 12.8. The van der Waals surface area contributed by atoms with Gasteiger partial charge in [0, 0.05) is 12.5 Å². The van der Waals surface area contributed by atoms with E-state index in [0.717, 1.165) is 29.7 Å². The standard InChI is InChI=1S/C17H25N3O/c1-5-8-16-19-14-9-6-7-10-15(14)20(16)11-17(21)18-13(4)12(2)3/h6-7,9-10,12-13H,5,8,11H2,1-4H3,(H,18,21). The molecule has 1 atom stereocenters. The molecular formula is C17H25N3O. The first-order chi connectivity index (χ1) is 10.0. The van der Waals surface area contributed by atoms with E-state index in [1.54, 1.807) is 0 Å². The van der Waals surface area contributed by atoms with Crippen LogP contribution in [0.2, 0.25) is 0 Å². The van der Waals surface area contributed by atoms with Crippen molar-refractivity contribution in [3.05, 3.63) is 30.1 Å². The second-order valence-electron chi connectivity index (χ2n) is 5.95. The molecule has 0 saturated heterocycles. The summed E-state index contributed by atoms with van der Waals surface area (Å²) in [6.07, 6.45) is 1.91. The summed E-state index contributed by atoms with van der Waals surface area (Å²) in [5.41, 5.74) is 2.00. The lowest BCUT2D eigenvalue weighted by Gasteiger charge is -2.18. The van der Waals surface area contributed by atoms with E-state index in [9.17, 15) is 4.79 Å². The lowest BCUT2D eigenvalue weighted by Crippen LogP contribution is -2.38. The quantitative estimate of drug-likeness (QED) is 0.887. The highest BCUT2D eigenvalue weighted by Gasteiger charge is 2.15. The maximum atomic E-state index is 12.3. The van der Waals surface area contributed by atoms with Crippen LogP contribution in [0.4, 0.5) is 0 Å². The van der Waals surface area contributed by atoms with E-state index in [2.05, 4.69) is 31.1 Å². The summed E-state index contributed by atoms with van der Waals surface area (Å²) in [7, 11) is 0. The van der Waals surface area contributed by atoms with Gasteiger partial charge in [0.15, 0.2) is 0 Å². The van der Waals surface area contributed by atoms with Crippen LogP contribution < -0.4 is 5.32 Å². The van der Waals surface area contributed by atoms with Gasteiger partial charge in [-0.2, -0.15) is 0 Å². The predicted octanol–water partition coefficient (Wildman–Crippen LogP) is 3.15. The van der Waals surface area contributed by atoms with E-state index in [1.165, 1.54) is 0 Å². The molecule has 1 N–H and O–H groups in total. The highest BCUT2D eigenvalue weighted by Crippen LogP contribution is 2.17. The van der Waals surface area contributed by atoms with Crippen molar-refractivity contribution in [3.63, 3.8) is 0 Å². The van der Waals surface area contributed by atoms with Gasteiger partial charge in [-0.3, -0.25) is 4.79 Å². The molecule has 0 aliphatic heterocycles. The molecule has 114 valence electrons. The van der Waals surface area contributed by atoms with E-state index in [-0.39, 0.29) is 11.9 Å². The van der Waals surface area contributed by atoms with Gasteiger partial charge in [-0.05, 0) is 31.4 Å². The average Bonchev–Trinajstić information content (AvgIpc) is 2.77. The summed E-state index contributed by atoms with van der Waals surface area (Å²) < 4.78 is 2.04. The van der Waals surface area contributed by atoms with Crippen molar-refractivity contribution >= 4 is 16.9 Å². The molecule has 0 spiro atoms. The molecule has 1 aromatic heterocycles. The number of hydrogen-bond acceptors (Lipinski definition) is 2. The highest BCUT2D eigenvalue weighted by atomic mass is 16.2. The Labute approximate surface area is 126 Å². The number of benzene rings is 1. The van der Waals surface area contributed by atoms with Crippen LogP contribution in [0.1, 0.15) is 39.9 Å². The zero-order valence-electron chi connectivity index (χ0n) is 13.4. The molecule has 0 bridgehead atoms. The van der Waals surface area contributed by atoms with Gasteiger partial charge in [-0.1, -0.05) is 32.9 Å². The second kappa shape index (κ2) is 6.74. The summed E-state index contributed by atoms with van der Waals surface area (Å²) in [6, 6.07) is 8.18. The van der Waals surface area contributed by atoms with Crippen LogP contribution in [-0.2, 0) is 17.8 Å². The first kappa shape index (κ1) is 15.5. The maximum Gasteiger partial charge on any atom is 0.240 e. The third-order valence-electron chi connectivity index (χ3n) is 3.90. The van der Waals surface area contributed by atoms with Crippen molar-refractivity contribution in [1.82, 2.24) is 14.9 Å². The van der Waals surface area contributed by atoms with Gasteiger partial charge in [0.1, 0.15) is 12.4 Å². The smallest absolute Gasteiger partial charge is 0.240 e. The summed E-state index contributed by atoms with van der Waals surface area (Å²) in [4.78, 5) is 16.9. The number of amides is 1. The van der Waals surface area contributed by atoms with E-state index < -0.39 is 0 Å². The first-order valence-corrected chi connectivity index (χ1v) is 7.76. The third-order valence-corrected chi connectivity index (χ3v) is 3.90. The number of imidazole rings is 1. The van der Waals surface area contributed by atoms with Crippen molar-refractivity contribution < 1.29 is 4.79 Å². The van der Waals surface area contributed by atoms with Gasteiger partial charge in [0.05, 0.1) is 11.0 Å². The maximum absolute atomic E-state index is 12.3. The van der Waals surface area contributed by atoms with Crippen LogP contribution >= 0.6 is 0 Å². The molecule has 0 radical (unpaired) electrons. The molecule has 1 amide bonds. The number of para-hydroxylation sites is 2. The zero-order chi connectivity index (χ0) is 15.4. The minimum Gasteiger partial charge on any atom is -0.352 e. The Bertz CT molecular complexity index is 616. The molecular weight excluding hydrogens is 262 g/mol. The Morgan fingerprint density at radius 2 is 2.00 bits per heavy atom. The predicted molar refractivity (Wildman–Crippen MR) is 86.2 cm³/mol. The Balaban J connectivity index is 2.23. The topological polar surface area (TPSA) is 46.9 Å². The Morgan fingerprint density at radius 3 is 2.67 bits per heavy atom. The average molecular weight is 287 g/mol. The van der Waals surface area contributed by atoms with Gasteiger partial charge < -0.3 is 9.88 Å². The van der Waals surface area contributed by atoms with Gasteiger partial charge in [-0.15, -0.1) is 0 Å².